The molecule has 1 aliphatic rings. The molecule has 1 aliphatic heterocycles. The SMILES string of the molecule is COc1ccc(S(=O)(=O)N2CCN(C(C)C(=O)NCc3ccc(Cl)cc3)CC2)cc1[N+](=O)[O-]. The summed E-state index contributed by atoms with van der Waals surface area (Å²) in [7, 11) is -2.65. The molecule has 33 heavy (non-hydrogen) atoms. The molecule has 1 heterocycles. The zero-order chi connectivity index (χ0) is 24.2. The van der Waals surface area contributed by atoms with Crippen LogP contribution in [0, 0.1) is 10.1 Å². The highest BCUT2D eigenvalue weighted by Crippen LogP contribution is 2.30. The Morgan fingerprint density at radius 3 is 2.39 bits per heavy atom. The summed E-state index contributed by atoms with van der Waals surface area (Å²) in [6.07, 6.45) is 0. The Kier molecular flexibility index (Phi) is 7.90. The van der Waals surface area contributed by atoms with E-state index in [-0.39, 0.29) is 29.6 Å². The van der Waals surface area contributed by atoms with Crippen LogP contribution in [-0.4, -0.2) is 67.8 Å². The number of benzene rings is 2. The molecule has 0 radical (unpaired) electrons. The maximum absolute atomic E-state index is 13.0. The predicted octanol–water partition coefficient (Wildman–Crippen LogP) is 2.27. The van der Waals surface area contributed by atoms with Crippen LogP contribution in [-0.2, 0) is 21.4 Å². The minimum atomic E-state index is -3.93. The minimum Gasteiger partial charge on any atom is -0.490 e. The molecule has 178 valence electrons. The van der Waals surface area contributed by atoms with Crippen LogP contribution in [0.2, 0.25) is 5.02 Å². The van der Waals surface area contributed by atoms with Crippen LogP contribution in [0.5, 0.6) is 5.75 Å². The fourth-order valence-corrected chi connectivity index (χ4v) is 5.13. The summed E-state index contributed by atoms with van der Waals surface area (Å²) in [5, 5.41) is 14.7. The lowest BCUT2D eigenvalue weighted by Crippen LogP contribution is -2.54. The van der Waals surface area contributed by atoms with E-state index in [1.807, 2.05) is 17.0 Å². The van der Waals surface area contributed by atoms with Crippen LogP contribution in [0.15, 0.2) is 47.4 Å². The van der Waals surface area contributed by atoms with E-state index in [1.165, 1.54) is 23.5 Å². The Bertz CT molecular complexity index is 1120. The fraction of sp³-hybridized carbons (Fsp3) is 0.381. The zero-order valence-electron chi connectivity index (χ0n) is 18.2. The minimum absolute atomic E-state index is 0.0118. The normalized spacial score (nSPS) is 16.2. The molecule has 1 atom stereocenters. The van der Waals surface area contributed by atoms with Crippen molar-refractivity contribution >= 4 is 33.2 Å². The van der Waals surface area contributed by atoms with Gasteiger partial charge in [-0.3, -0.25) is 19.8 Å². The molecule has 1 amide bonds. The van der Waals surface area contributed by atoms with Gasteiger partial charge >= 0.3 is 5.69 Å². The molecule has 1 unspecified atom stereocenters. The van der Waals surface area contributed by atoms with E-state index in [0.29, 0.717) is 24.7 Å². The highest BCUT2D eigenvalue weighted by Gasteiger charge is 2.33. The first-order valence-corrected chi connectivity index (χ1v) is 12.0. The lowest BCUT2D eigenvalue weighted by molar-refractivity contribution is -0.386. The number of rotatable bonds is 8. The number of hydrogen-bond acceptors (Lipinski definition) is 7. The third kappa shape index (κ3) is 5.80. The van der Waals surface area contributed by atoms with Gasteiger partial charge in [0.2, 0.25) is 15.9 Å². The Hall–Kier alpha value is -2.73. The Balaban J connectivity index is 1.60. The number of hydrogen-bond donors (Lipinski definition) is 1. The van der Waals surface area contributed by atoms with Gasteiger partial charge in [0.1, 0.15) is 0 Å². The second kappa shape index (κ2) is 10.5. The first kappa shape index (κ1) is 24.9. The number of amides is 1. The van der Waals surface area contributed by atoms with Crippen molar-refractivity contribution in [3.05, 3.63) is 63.2 Å². The number of nitro groups is 1. The molecule has 0 aromatic heterocycles. The van der Waals surface area contributed by atoms with Gasteiger partial charge in [-0.15, -0.1) is 0 Å². The van der Waals surface area contributed by atoms with Crippen molar-refractivity contribution in [2.75, 3.05) is 33.3 Å². The molecule has 1 N–H and O–H groups in total. The summed E-state index contributed by atoms with van der Waals surface area (Å²) in [4.78, 5) is 24.9. The van der Waals surface area contributed by atoms with Gasteiger partial charge < -0.3 is 10.1 Å². The number of methoxy groups -OCH3 is 1. The van der Waals surface area contributed by atoms with Gasteiger partial charge in [-0.1, -0.05) is 23.7 Å². The van der Waals surface area contributed by atoms with Gasteiger partial charge in [-0.2, -0.15) is 4.31 Å². The molecule has 0 aliphatic carbocycles. The monoisotopic (exact) mass is 496 g/mol. The molecule has 10 nitrogen and oxygen atoms in total. The molecule has 1 saturated heterocycles. The number of carbonyl (C=O) groups excluding carboxylic acids is 1. The first-order chi connectivity index (χ1) is 15.6. The molecular formula is C21H25ClN4O6S. The quantitative estimate of drug-likeness (QED) is 0.439. The second-order valence-electron chi connectivity index (χ2n) is 7.55. The van der Waals surface area contributed by atoms with Crippen LogP contribution >= 0.6 is 11.6 Å². The van der Waals surface area contributed by atoms with Crippen molar-refractivity contribution in [1.82, 2.24) is 14.5 Å². The number of carbonyl (C=O) groups is 1. The highest BCUT2D eigenvalue weighted by atomic mass is 35.5. The average molecular weight is 497 g/mol. The van der Waals surface area contributed by atoms with E-state index in [2.05, 4.69) is 5.32 Å². The fourth-order valence-electron chi connectivity index (χ4n) is 3.56. The van der Waals surface area contributed by atoms with Gasteiger partial charge in [0.05, 0.1) is 23.0 Å². The molecule has 0 saturated carbocycles. The van der Waals surface area contributed by atoms with E-state index in [4.69, 9.17) is 16.3 Å². The summed E-state index contributed by atoms with van der Waals surface area (Å²) in [6.45, 7) is 3.17. The van der Waals surface area contributed by atoms with Crippen LogP contribution in [0.4, 0.5) is 5.69 Å². The van der Waals surface area contributed by atoms with E-state index in [1.54, 1.807) is 19.1 Å². The molecule has 2 aromatic carbocycles. The van der Waals surface area contributed by atoms with E-state index in [0.717, 1.165) is 11.6 Å². The molecular weight excluding hydrogens is 472 g/mol. The third-order valence-electron chi connectivity index (χ3n) is 5.57. The Morgan fingerprint density at radius 1 is 1.18 bits per heavy atom. The summed E-state index contributed by atoms with van der Waals surface area (Å²) in [5.41, 5.74) is 0.507. The van der Waals surface area contributed by atoms with Crippen molar-refractivity contribution in [1.29, 1.82) is 0 Å². The van der Waals surface area contributed by atoms with Gasteiger partial charge in [0.25, 0.3) is 0 Å². The summed E-state index contributed by atoms with van der Waals surface area (Å²) >= 11 is 5.87. The van der Waals surface area contributed by atoms with Gasteiger partial charge in [-0.05, 0) is 36.8 Å². The number of ether oxygens (including phenoxy) is 1. The lowest BCUT2D eigenvalue weighted by Gasteiger charge is -2.36. The standard InChI is InChI=1S/C21H25ClN4O6S/c1-15(21(27)23-14-16-3-5-17(22)6-4-16)24-9-11-25(12-10-24)33(30,31)18-7-8-20(32-2)19(13-18)26(28)29/h3-8,13,15H,9-12,14H2,1-2H3,(H,23,27). The number of nitro benzene ring substituents is 1. The molecule has 3 rings (SSSR count). The van der Waals surface area contributed by atoms with Crippen LogP contribution < -0.4 is 10.1 Å². The third-order valence-corrected chi connectivity index (χ3v) is 7.71. The zero-order valence-corrected chi connectivity index (χ0v) is 19.8. The molecule has 12 heteroatoms. The van der Waals surface area contributed by atoms with Crippen molar-refractivity contribution < 1.29 is 22.9 Å². The molecule has 0 bridgehead atoms. The van der Waals surface area contributed by atoms with Crippen LogP contribution in [0.3, 0.4) is 0 Å². The highest BCUT2D eigenvalue weighted by molar-refractivity contribution is 7.89. The van der Waals surface area contributed by atoms with E-state index < -0.39 is 26.7 Å². The maximum Gasteiger partial charge on any atom is 0.312 e. The summed E-state index contributed by atoms with van der Waals surface area (Å²) in [6, 6.07) is 10.3. The topological polar surface area (TPSA) is 122 Å². The predicted molar refractivity (Wildman–Crippen MR) is 123 cm³/mol. The maximum atomic E-state index is 13.0. The average Bonchev–Trinajstić information content (AvgIpc) is 2.82. The largest absolute Gasteiger partial charge is 0.490 e. The van der Waals surface area contributed by atoms with Gasteiger partial charge in [0, 0.05) is 43.8 Å². The number of piperazine rings is 1. The Labute approximate surface area is 197 Å². The lowest BCUT2D eigenvalue weighted by atomic mass is 10.2. The van der Waals surface area contributed by atoms with Crippen molar-refractivity contribution in [2.45, 2.75) is 24.4 Å². The van der Waals surface area contributed by atoms with Crippen molar-refractivity contribution in [2.24, 2.45) is 0 Å². The van der Waals surface area contributed by atoms with Gasteiger partial charge in [-0.25, -0.2) is 8.42 Å². The van der Waals surface area contributed by atoms with Crippen molar-refractivity contribution in [3.8, 4) is 5.75 Å². The molecule has 1 fully saturated rings. The molecule has 0 spiro atoms. The van der Waals surface area contributed by atoms with Crippen molar-refractivity contribution in [3.63, 3.8) is 0 Å². The number of nitrogens with one attached hydrogen (secondary N) is 1. The van der Waals surface area contributed by atoms with E-state index in [9.17, 15) is 23.3 Å². The number of sulfonamides is 1. The summed E-state index contributed by atoms with van der Waals surface area (Å²) < 4.78 is 32.2. The second-order valence-corrected chi connectivity index (χ2v) is 9.93. The van der Waals surface area contributed by atoms with E-state index >= 15 is 0 Å². The molecule has 2 aromatic rings. The number of nitrogens with zero attached hydrogens (tertiary/aromatic N) is 3. The van der Waals surface area contributed by atoms with Gasteiger partial charge in [0.15, 0.2) is 5.75 Å². The van der Waals surface area contributed by atoms with Crippen LogP contribution in [0.25, 0.3) is 0 Å². The van der Waals surface area contributed by atoms with Crippen LogP contribution in [0.1, 0.15) is 12.5 Å². The Morgan fingerprint density at radius 2 is 1.82 bits per heavy atom. The number of halogens is 1. The summed E-state index contributed by atoms with van der Waals surface area (Å²) in [5.74, 6) is -0.172. The first-order valence-electron chi connectivity index (χ1n) is 10.2. The smallest absolute Gasteiger partial charge is 0.312 e.